The third-order valence-electron chi connectivity index (χ3n) is 2.69. The van der Waals surface area contributed by atoms with E-state index >= 15 is 0 Å². The van der Waals surface area contributed by atoms with Crippen LogP contribution >= 0.6 is 15.9 Å². The summed E-state index contributed by atoms with van der Waals surface area (Å²) in [4.78, 5) is 24.7. The SMILES string of the molecule is COC(=O)CCCN(C)C(=O)c1cc(Br)ccc1N. The molecule has 0 aliphatic carbocycles. The van der Waals surface area contributed by atoms with E-state index < -0.39 is 0 Å². The summed E-state index contributed by atoms with van der Waals surface area (Å²) in [6.07, 6.45) is 0.852. The number of hydrogen-bond donors (Lipinski definition) is 1. The van der Waals surface area contributed by atoms with Crippen LogP contribution in [0.15, 0.2) is 22.7 Å². The van der Waals surface area contributed by atoms with Crippen molar-refractivity contribution in [1.82, 2.24) is 4.90 Å². The fraction of sp³-hybridized carbons (Fsp3) is 0.385. The number of hydrogen-bond acceptors (Lipinski definition) is 4. The number of ether oxygens (including phenoxy) is 1. The highest BCUT2D eigenvalue weighted by Gasteiger charge is 2.15. The van der Waals surface area contributed by atoms with E-state index in [-0.39, 0.29) is 11.9 Å². The van der Waals surface area contributed by atoms with Gasteiger partial charge in [0.15, 0.2) is 0 Å². The second-order valence-corrected chi connectivity index (χ2v) is 5.05. The third kappa shape index (κ3) is 4.55. The fourth-order valence-corrected chi connectivity index (χ4v) is 1.94. The van der Waals surface area contributed by atoms with Crippen LogP contribution in [-0.4, -0.2) is 37.5 Å². The number of carbonyl (C=O) groups excluding carboxylic acids is 2. The average molecular weight is 329 g/mol. The van der Waals surface area contributed by atoms with Gasteiger partial charge in [-0.1, -0.05) is 15.9 Å². The maximum Gasteiger partial charge on any atom is 0.305 e. The van der Waals surface area contributed by atoms with Crippen molar-refractivity contribution in [2.75, 3.05) is 26.4 Å². The molecule has 0 spiro atoms. The first-order valence-electron chi connectivity index (χ1n) is 5.83. The summed E-state index contributed by atoms with van der Waals surface area (Å²) in [6, 6.07) is 5.15. The zero-order valence-electron chi connectivity index (χ0n) is 11.0. The monoisotopic (exact) mass is 328 g/mol. The Morgan fingerprint density at radius 2 is 2.11 bits per heavy atom. The van der Waals surface area contributed by atoms with Gasteiger partial charge in [0.05, 0.1) is 12.7 Å². The number of anilines is 1. The van der Waals surface area contributed by atoms with Crippen LogP contribution in [-0.2, 0) is 9.53 Å². The summed E-state index contributed by atoms with van der Waals surface area (Å²) in [7, 11) is 3.03. The van der Waals surface area contributed by atoms with E-state index in [1.165, 1.54) is 7.11 Å². The summed E-state index contributed by atoms with van der Waals surface area (Å²) in [5.41, 5.74) is 6.68. The van der Waals surface area contributed by atoms with Crippen LogP contribution in [0.1, 0.15) is 23.2 Å². The van der Waals surface area contributed by atoms with Gasteiger partial charge in [-0.3, -0.25) is 9.59 Å². The van der Waals surface area contributed by atoms with Crippen LogP contribution < -0.4 is 5.73 Å². The average Bonchev–Trinajstić information content (AvgIpc) is 2.40. The minimum atomic E-state index is -0.275. The summed E-state index contributed by atoms with van der Waals surface area (Å²) < 4.78 is 5.34. The van der Waals surface area contributed by atoms with Gasteiger partial charge in [-0.2, -0.15) is 0 Å². The van der Waals surface area contributed by atoms with Crippen molar-refractivity contribution in [3.8, 4) is 0 Å². The predicted octanol–water partition coefficient (Wildman–Crippen LogP) is 2.06. The van der Waals surface area contributed by atoms with E-state index in [1.54, 1.807) is 30.1 Å². The maximum atomic E-state index is 12.2. The van der Waals surface area contributed by atoms with Gasteiger partial charge in [0.2, 0.25) is 0 Å². The quantitative estimate of drug-likeness (QED) is 0.663. The van der Waals surface area contributed by atoms with E-state index in [0.29, 0.717) is 30.6 Å². The van der Waals surface area contributed by atoms with Crippen molar-refractivity contribution >= 4 is 33.5 Å². The van der Waals surface area contributed by atoms with Crippen molar-refractivity contribution in [1.29, 1.82) is 0 Å². The highest BCUT2D eigenvalue weighted by Crippen LogP contribution is 2.19. The van der Waals surface area contributed by atoms with Gasteiger partial charge in [0, 0.05) is 30.2 Å². The van der Waals surface area contributed by atoms with Crippen LogP contribution in [0, 0.1) is 0 Å². The molecular formula is C13H17BrN2O3. The molecule has 104 valence electrons. The molecular weight excluding hydrogens is 312 g/mol. The number of nitrogens with two attached hydrogens (primary N) is 1. The van der Waals surface area contributed by atoms with Gasteiger partial charge in [0.1, 0.15) is 0 Å². The molecule has 0 aliphatic rings. The van der Waals surface area contributed by atoms with Gasteiger partial charge in [0.25, 0.3) is 5.91 Å². The van der Waals surface area contributed by atoms with Crippen LogP contribution in [0.4, 0.5) is 5.69 Å². The van der Waals surface area contributed by atoms with Gasteiger partial charge in [-0.15, -0.1) is 0 Å². The lowest BCUT2D eigenvalue weighted by atomic mass is 10.1. The molecule has 1 aromatic rings. The third-order valence-corrected chi connectivity index (χ3v) is 3.19. The molecule has 0 unspecified atom stereocenters. The van der Waals surface area contributed by atoms with Crippen molar-refractivity contribution in [2.24, 2.45) is 0 Å². The smallest absolute Gasteiger partial charge is 0.305 e. The van der Waals surface area contributed by atoms with Crippen LogP contribution in [0.5, 0.6) is 0 Å². The van der Waals surface area contributed by atoms with Crippen molar-refractivity contribution in [2.45, 2.75) is 12.8 Å². The van der Waals surface area contributed by atoms with Crippen molar-refractivity contribution < 1.29 is 14.3 Å². The van der Waals surface area contributed by atoms with E-state index in [9.17, 15) is 9.59 Å². The molecule has 0 atom stereocenters. The zero-order chi connectivity index (χ0) is 14.4. The molecule has 0 radical (unpaired) electrons. The van der Waals surface area contributed by atoms with Gasteiger partial charge >= 0.3 is 5.97 Å². The van der Waals surface area contributed by atoms with Gasteiger partial charge in [-0.05, 0) is 24.6 Å². The lowest BCUT2D eigenvalue weighted by Gasteiger charge is -2.18. The predicted molar refractivity (Wildman–Crippen MR) is 76.8 cm³/mol. The number of rotatable bonds is 5. The molecule has 0 fully saturated rings. The summed E-state index contributed by atoms with van der Waals surface area (Å²) in [5, 5.41) is 0. The number of nitrogens with zero attached hydrogens (tertiary/aromatic N) is 1. The standard InChI is InChI=1S/C13H17BrN2O3/c1-16(7-3-4-12(17)19-2)13(18)10-8-9(14)5-6-11(10)15/h5-6,8H,3-4,7,15H2,1-2H3. The number of benzene rings is 1. The Labute approximate surface area is 120 Å². The number of esters is 1. The topological polar surface area (TPSA) is 72.6 Å². The van der Waals surface area contributed by atoms with Crippen LogP contribution in [0.2, 0.25) is 0 Å². The number of halogens is 1. The Bertz CT molecular complexity index is 477. The van der Waals surface area contributed by atoms with Crippen molar-refractivity contribution in [3.05, 3.63) is 28.2 Å². The Kier molecular flexibility index (Phi) is 5.82. The summed E-state index contributed by atoms with van der Waals surface area (Å²) >= 11 is 3.31. The van der Waals surface area contributed by atoms with Crippen molar-refractivity contribution in [3.63, 3.8) is 0 Å². The highest BCUT2D eigenvalue weighted by molar-refractivity contribution is 9.10. The van der Waals surface area contributed by atoms with E-state index in [1.807, 2.05) is 0 Å². The first kappa shape index (κ1) is 15.5. The molecule has 5 nitrogen and oxygen atoms in total. The zero-order valence-corrected chi connectivity index (χ0v) is 12.6. The molecule has 1 aromatic carbocycles. The van der Waals surface area contributed by atoms with Crippen LogP contribution in [0.25, 0.3) is 0 Å². The normalized spacial score (nSPS) is 10.1. The second kappa shape index (κ2) is 7.13. The summed E-state index contributed by atoms with van der Waals surface area (Å²) in [5.74, 6) is -0.438. The fourth-order valence-electron chi connectivity index (χ4n) is 1.58. The van der Waals surface area contributed by atoms with E-state index in [2.05, 4.69) is 20.7 Å². The number of methoxy groups -OCH3 is 1. The summed E-state index contributed by atoms with van der Waals surface area (Å²) in [6.45, 7) is 0.472. The first-order chi connectivity index (χ1) is 8.95. The lowest BCUT2D eigenvalue weighted by molar-refractivity contribution is -0.140. The maximum absolute atomic E-state index is 12.2. The number of carbonyl (C=O) groups is 2. The van der Waals surface area contributed by atoms with Gasteiger partial charge in [-0.25, -0.2) is 0 Å². The number of amides is 1. The molecule has 0 aliphatic heterocycles. The Morgan fingerprint density at radius 3 is 2.74 bits per heavy atom. The van der Waals surface area contributed by atoms with E-state index in [4.69, 9.17) is 5.73 Å². The van der Waals surface area contributed by atoms with Crippen LogP contribution in [0.3, 0.4) is 0 Å². The molecule has 0 heterocycles. The number of nitrogen functional groups attached to an aromatic ring is 1. The Hall–Kier alpha value is -1.56. The molecule has 1 amide bonds. The first-order valence-corrected chi connectivity index (χ1v) is 6.62. The molecule has 2 N–H and O–H groups in total. The second-order valence-electron chi connectivity index (χ2n) is 4.14. The molecule has 6 heteroatoms. The largest absolute Gasteiger partial charge is 0.469 e. The molecule has 1 rings (SSSR count). The lowest BCUT2D eigenvalue weighted by Crippen LogP contribution is -2.28. The highest BCUT2D eigenvalue weighted by atomic mass is 79.9. The molecule has 0 saturated carbocycles. The Balaban J connectivity index is 2.61. The molecule has 0 saturated heterocycles. The molecule has 19 heavy (non-hydrogen) atoms. The molecule has 0 aromatic heterocycles. The minimum absolute atomic E-state index is 0.163. The van der Waals surface area contributed by atoms with E-state index in [0.717, 1.165) is 4.47 Å². The molecule has 0 bridgehead atoms. The Morgan fingerprint density at radius 1 is 1.42 bits per heavy atom. The van der Waals surface area contributed by atoms with Gasteiger partial charge < -0.3 is 15.4 Å². The minimum Gasteiger partial charge on any atom is -0.469 e.